The lowest BCUT2D eigenvalue weighted by molar-refractivity contribution is -0.429. The molecule has 0 spiro atoms. The summed E-state index contributed by atoms with van der Waals surface area (Å²) in [5, 5.41) is 33.6. The summed E-state index contributed by atoms with van der Waals surface area (Å²) in [6.45, 7) is 0. The molecule has 0 N–H and O–H groups in total. The maximum atomic E-state index is 14.1. The molecule has 170 valence electrons. The first kappa shape index (κ1) is 22.3. The molecule has 2 aliphatic rings. The summed E-state index contributed by atoms with van der Waals surface area (Å²) < 4.78 is 0. The molecule has 0 saturated carbocycles. The van der Waals surface area contributed by atoms with Crippen LogP contribution in [0.1, 0.15) is 27.4 Å². The number of benzene rings is 3. The second-order valence-electron chi connectivity index (χ2n) is 8.50. The molecule has 0 amide bonds. The summed E-state index contributed by atoms with van der Waals surface area (Å²) in [4.78, 5) is 27.4. The number of nitrogens with zero attached hydrogens (tertiary/aromatic N) is 4. The second kappa shape index (κ2) is 8.39. The first-order valence-corrected chi connectivity index (χ1v) is 11.2. The van der Waals surface area contributed by atoms with E-state index >= 15 is 0 Å². The zero-order chi connectivity index (χ0) is 24.7. The molecule has 8 heteroatoms. The highest BCUT2D eigenvalue weighted by Crippen LogP contribution is 2.57. The number of nitriles is 2. The predicted octanol–water partition coefficient (Wildman–Crippen LogP) is 5.23. The average Bonchev–Trinajstić information content (AvgIpc) is 3.20. The highest BCUT2D eigenvalue weighted by atomic mass is 35.5. The van der Waals surface area contributed by atoms with Crippen LogP contribution in [-0.4, -0.2) is 22.8 Å². The van der Waals surface area contributed by atoms with Gasteiger partial charge in [-0.2, -0.15) is 10.5 Å². The summed E-state index contributed by atoms with van der Waals surface area (Å²) >= 11 is 6.19. The van der Waals surface area contributed by atoms with E-state index in [9.17, 15) is 25.4 Å². The molecule has 2 aliphatic heterocycles. The SMILES string of the molecule is N#CC1(C#N)C(c2ccccc2)C(C(=O)c2ccccc2)N2c3ccc(Cl)cc3C=C([N+](=O)[O-])C21. The standard InChI is InChI=1S/C27H17ClN4O3/c28-20-11-12-21-19(13-20)14-22(32(34)35)26-27(15-29,16-30)23(17-7-3-1-4-8-17)24(31(21)26)25(33)18-9-5-2-6-10-18/h1-14,23-24,26H. The molecule has 3 aromatic carbocycles. The number of hydrogen-bond donors (Lipinski definition) is 0. The van der Waals surface area contributed by atoms with Crippen LogP contribution in [0.3, 0.4) is 0 Å². The van der Waals surface area contributed by atoms with Crippen LogP contribution in [0.15, 0.2) is 84.6 Å². The Labute approximate surface area is 206 Å². The normalized spacial score (nSPS) is 21.6. The average molecular weight is 481 g/mol. The van der Waals surface area contributed by atoms with Gasteiger partial charge in [0.1, 0.15) is 6.04 Å². The first-order valence-electron chi connectivity index (χ1n) is 10.8. The van der Waals surface area contributed by atoms with Crippen molar-refractivity contribution in [1.82, 2.24) is 0 Å². The van der Waals surface area contributed by atoms with Crippen molar-refractivity contribution >= 4 is 29.1 Å². The third-order valence-corrected chi connectivity index (χ3v) is 6.97. The van der Waals surface area contributed by atoms with Crippen LogP contribution in [0.25, 0.3) is 6.08 Å². The Balaban J connectivity index is 1.86. The highest BCUT2D eigenvalue weighted by molar-refractivity contribution is 6.30. The summed E-state index contributed by atoms with van der Waals surface area (Å²) in [6.07, 6.45) is 1.35. The third-order valence-electron chi connectivity index (χ3n) is 6.73. The molecule has 0 aromatic heterocycles. The number of carbonyl (C=O) groups excluding carboxylic acids is 1. The largest absolute Gasteiger partial charge is 0.344 e. The fraction of sp³-hybridized carbons (Fsp3) is 0.148. The Morgan fingerprint density at radius 1 is 1.00 bits per heavy atom. The quantitative estimate of drug-likeness (QED) is 0.287. The van der Waals surface area contributed by atoms with Gasteiger partial charge in [0.25, 0.3) is 5.70 Å². The smallest absolute Gasteiger partial charge is 0.271 e. The van der Waals surface area contributed by atoms with E-state index in [2.05, 4.69) is 12.1 Å². The van der Waals surface area contributed by atoms with Crippen molar-refractivity contribution in [2.45, 2.75) is 18.0 Å². The van der Waals surface area contributed by atoms with E-state index in [4.69, 9.17) is 11.6 Å². The monoisotopic (exact) mass is 480 g/mol. The maximum absolute atomic E-state index is 14.1. The lowest BCUT2D eigenvalue weighted by atomic mass is 9.68. The molecule has 3 atom stereocenters. The molecule has 1 saturated heterocycles. The molecule has 0 radical (unpaired) electrons. The molecule has 5 rings (SSSR count). The Morgan fingerprint density at radius 2 is 1.63 bits per heavy atom. The van der Waals surface area contributed by atoms with E-state index in [1.165, 1.54) is 6.08 Å². The summed E-state index contributed by atoms with van der Waals surface area (Å²) in [5.41, 5.74) is -0.314. The Kier molecular flexibility index (Phi) is 5.36. The van der Waals surface area contributed by atoms with Gasteiger partial charge < -0.3 is 4.90 Å². The van der Waals surface area contributed by atoms with Crippen molar-refractivity contribution in [2.75, 3.05) is 4.90 Å². The molecular formula is C27H17ClN4O3. The van der Waals surface area contributed by atoms with Crippen LogP contribution in [0, 0.1) is 38.2 Å². The molecule has 0 aliphatic carbocycles. The summed E-state index contributed by atoms with van der Waals surface area (Å²) in [7, 11) is 0. The van der Waals surface area contributed by atoms with Crippen molar-refractivity contribution in [3.8, 4) is 12.1 Å². The lowest BCUT2D eigenvalue weighted by Crippen LogP contribution is -2.47. The molecule has 2 heterocycles. The minimum absolute atomic E-state index is 0.327. The van der Waals surface area contributed by atoms with Gasteiger partial charge in [-0.3, -0.25) is 14.9 Å². The van der Waals surface area contributed by atoms with Crippen molar-refractivity contribution in [1.29, 1.82) is 10.5 Å². The van der Waals surface area contributed by atoms with Crippen molar-refractivity contribution in [3.63, 3.8) is 0 Å². The minimum atomic E-state index is -1.91. The van der Waals surface area contributed by atoms with Crippen LogP contribution < -0.4 is 4.90 Å². The van der Waals surface area contributed by atoms with Gasteiger partial charge in [-0.05, 0) is 23.8 Å². The van der Waals surface area contributed by atoms with Crippen LogP contribution in [-0.2, 0) is 0 Å². The van der Waals surface area contributed by atoms with Gasteiger partial charge in [-0.25, -0.2) is 0 Å². The number of ketones is 1. The fourth-order valence-electron chi connectivity index (χ4n) is 5.33. The highest BCUT2D eigenvalue weighted by Gasteiger charge is 2.68. The zero-order valence-corrected chi connectivity index (χ0v) is 19.0. The lowest BCUT2D eigenvalue weighted by Gasteiger charge is -2.35. The molecule has 3 aromatic rings. The van der Waals surface area contributed by atoms with Gasteiger partial charge in [0.05, 0.1) is 17.1 Å². The maximum Gasteiger partial charge on any atom is 0.271 e. The third kappa shape index (κ3) is 3.29. The van der Waals surface area contributed by atoms with Crippen LogP contribution in [0.4, 0.5) is 5.69 Å². The van der Waals surface area contributed by atoms with Gasteiger partial charge in [-0.15, -0.1) is 0 Å². The molecule has 35 heavy (non-hydrogen) atoms. The summed E-state index contributed by atoms with van der Waals surface area (Å²) in [6, 6.07) is 24.1. The zero-order valence-electron chi connectivity index (χ0n) is 18.2. The van der Waals surface area contributed by atoms with Crippen molar-refractivity contribution < 1.29 is 9.72 Å². The van der Waals surface area contributed by atoms with E-state index in [1.54, 1.807) is 83.8 Å². The van der Waals surface area contributed by atoms with Gasteiger partial charge >= 0.3 is 0 Å². The van der Waals surface area contributed by atoms with Gasteiger partial charge in [0.2, 0.25) is 0 Å². The molecule has 0 bridgehead atoms. The summed E-state index contributed by atoms with van der Waals surface area (Å²) in [5.74, 6) is -1.29. The Bertz CT molecular complexity index is 1440. The number of nitro groups is 1. The number of anilines is 1. The number of Topliss-reactive ketones (excluding diaryl/α,β-unsaturated/α-hetero) is 1. The van der Waals surface area contributed by atoms with Gasteiger partial charge in [0.15, 0.2) is 17.2 Å². The van der Waals surface area contributed by atoms with E-state index in [-0.39, 0.29) is 11.5 Å². The van der Waals surface area contributed by atoms with Crippen LogP contribution in [0.2, 0.25) is 5.02 Å². The van der Waals surface area contributed by atoms with Crippen LogP contribution in [0.5, 0.6) is 0 Å². The number of carbonyl (C=O) groups is 1. The molecular weight excluding hydrogens is 464 g/mol. The van der Waals surface area contributed by atoms with Crippen molar-refractivity contribution in [3.05, 3.63) is 116 Å². The van der Waals surface area contributed by atoms with E-state index in [1.807, 2.05) is 0 Å². The topological polar surface area (TPSA) is 111 Å². The van der Waals surface area contributed by atoms with E-state index in [0.29, 0.717) is 27.4 Å². The van der Waals surface area contributed by atoms with Crippen LogP contribution >= 0.6 is 11.6 Å². The second-order valence-corrected chi connectivity index (χ2v) is 8.93. The number of halogens is 1. The molecule has 3 unspecified atom stereocenters. The number of fused-ring (bicyclic) bond motifs is 3. The first-order chi connectivity index (χ1) is 16.9. The minimum Gasteiger partial charge on any atom is -0.344 e. The molecule has 1 fully saturated rings. The number of hydrogen-bond acceptors (Lipinski definition) is 6. The van der Waals surface area contributed by atoms with Gasteiger partial charge in [0, 0.05) is 33.8 Å². The van der Waals surface area contributed by atoms with E-state index < -0.39 is 28.3 Å². The fourth-order valence-corrected chi connectivity index (χ4v) is 5.51. The number of rotatable bonds is 4. The Hall–Kier alpha value is -4.46. The van der Waals surface area contributed by atoms with E-state index in [0.717, 1.165) is 0 Å². The van der Waals surface area contributed by atoms with Crippen molar-refractivity contribution in [2.24, 2.45) is 5.41 Å². The Morgan fingerprint density at radius 3 is 2.23 bits per heavy atom. The van der Waals surface area contributed by atoms with Gasteiger partial charge in [-0.1, -0.05) is 72.3 Å². The molecule has 7 nitrogen and oxygen atoms in total. The predicted molar refractivity (Wildman–Crippen MR) is 130 cm³/mol.